The Hall–Kier alpha value is -3.94. The van der Waals surface area contributed by atoms with Gasteiger partial charge in [0.2, 0.25) is 0 Å². The Morgan fingerprint density at radius 2 is 2.00 bits per heavy atom. The number of hydrogen-bond acceptors (Lipinski definition) is 6. The molecule has 0 saturated heterocycles. The smallest absolute Gasteiger partial charge is 0.346 e. The standard InChI is InChI=1S/C21H20N4O4/c1-3-29-19-15(10-7-11-18(19)28-2)13-22-25-20(26)17-12-16(23-21(27)24-17)14-8-5-4-6-9-14/h4-13H,3H2,1-2H3,(H,25,26)(H,23,24,27)/b22-13+. The number of para-hydroxylation sites is 1. The highest BCUT2D eigenvalue weighted by Gasteiger charge is 2.11. The lowest BCUT2D eigenvalue weighted by atomic mass is 10.1. The molecule has 2 N–H and O–H groups in total. The van der Waals surface area contributed by atoms with Gasteiger partial charge in [0, 0.05) is 11.1 Å². The predicted molar refractivity (Wildman–Crippen MR) is 110 cm³/mol. The Bertz CT molecular complexity index is 1080. The van der Waals surface area contributed by atoms with Crippen molar-refractivity contribution in [1.29, 1.82) is 0 Å². The number of nitrogens with zero attached hydrogens (tertiary/aromatic N) is 2. The lowest BCUT2D eigenvalue weighted by Crippen LogP contribution is -2.24. The van der Waals surface area contributed by atoms with Crippen molar-refractivity contribution < 1.29 is 14.3 Å². The molecule has 8 nitrogen and oxygen atoms in total. The molecule has 0 atom stereocenters. The van der Waals surface area contributed by atoms with Crippen molar-refractivity contribution >= 4 is 12.1 Å². The van der Waals surface area contributed by atoms with Gasteiger partial charge in [0.25, 0.3) is 5.91 Å². The molecule has 0 fully saturated rings. The van der Waals surface area contributed by atoms with Crippen LogP contribution >= 0.6 is 0 Å². The van der Waals surface area contributed by atoms with Gasteiger partial charge in [-0.3, -0.25) is 4.79 Å². The Balaban J connectivity index is 1.80. The molecule has 8 heteroatoms. The number of nitrogens with one attached hydrogen (secondary N) is 2. The molecule has 1 heterocycles. The van der Waals surface area contributed by atoms with Crippen molar-refractivity contribution in [2.75, 3.05) is 13.7 Å². The summed E-state index contributed by atoms with van der Waals surface area (Å²) in [4.78, 5) is 30.6. The zero-order valence-electron chi connectivity index (χ0n) is 16.0. The zero-order chi connectivity index (χ0) is 20.6. The van der Waals surface area contributed by atoms with E-state index in [1.807, 2.05) is 25.1 Å². The summed E-state index contributed by atoms with van der Waals surface area (Å²) in [5.41, 5.74) is 3.60. The number of H-pyrrole nitrogens is 1. The number of rotatable bonds is 7. The summed E-state index contributed by atoms with van der Waals surface area (Å²) < 4.78 is 10.9. The molecule has 0 saturated carbocycles. The van der Waals surface area contributed by atoms with Gasteiger partial charge < -0.3 is 14.5 Å². The third kappa shape index (κ3) is 4.86. The number of amides is 1. The molecule has 0 radical (unpaired) electrons. The maximum atomic E-state index is 12.4. The van der Waals surface area contributed by atoms with E-state index < -0.39 is 11.6 Å². The van der Waals surface area contributed by atoms with Crippen molar-refractivity contribution in [1.82, 2.24) is 15.4 Å². The van der Waals surface area contributed by atoms with Crippen molar-refractivity contribution in [2.24, 2.45) is 5.10 Å². The molecular formula is C21H20N4O4. The Kier molecular flexibility index (Phi) is 6.36. The molecule has 3 aromatic rings. The first kappa shape index (κ1) is 19.8. The van der Waals surface area contributed by atoms with E-state index in [9.17, 15) is 9.59 Å². The molecule has 29 heavy (non-hydrogen) atoms. The summed E-state index contributed by atoms with van der Waals surface area (Å²) in [5, 5.41) is 3.97. The maximum absolute atomic E-state index is 12.4. The number of ether oxygens (including phenoxy) is 2. The van der Waals surface area contributed by atoms with Gasteiger partial charge in [-0.05, 0) is 25.1 Å². The van der Waals surface area contributed by atoms with Gasteiger partial charge in [0.1, 0.15) is 5.69 Å². The van der Waals surface area contributed by atoms with Crippen LogP contribution in [0.2, 0.25) is 0 Å². The monoisotopic (exact) mass is 392 g/mol. The quantitative estimate of drug-likeness (QED) is 0.475. The van der Waals surface area contributed by atoms with E-state index in [0.29, 0.717) is 29.4 Å². The number of hydrazone groups is 1. The lowest BCUT2D eigenvalue weighted by Gasteiger charge is -2.11. The zero-order valence-corrected chi connectivity index (χ0v) is 16.0. The molecule has 0 unspecified atom stereocenters. The van der Waals surface area contributed by atoms with Crippen LogP contribution < -0.4 is 20.6 Å². The van der Waals surface area contributed by atoms with E-state index in [2.05, 4.69) is 20.5 Å². The molecule has 0 spiro atoms. The first-order valence-corrected chi connectivity index (χ1v) is 8.92. The normalized spacial score (nSPS) is 10.7. The van der Waals surface area contributed by atoms with Crippen molar-refractivity contribution in [2.45, 2.75) is 6.92 Å². The van der Waals surface area contributed by atoms with Crippen LogP contribution in [0.15, 0.2) is 64.5 Å². The second-order valence-electron chi connectivity index (χ2n) is 5.86. The molecule has 0 aliphatic heterocycles. The van der Waals surface area contributed by atoms with Gasteiger partial charge in [-0.25, -0.2) is 10.2 Å². The minimum atomic E-state index is -0.619. The molecule has 0 aliphatic carbocycles. The first-order chi connectivity index (χ1) is 14.1. The van der Waals surface area contributed by atoms with Crippen LogP contribution in [0.4, 0.5) is 0 Å². The van der Waals surface area contributed by atoms with E-state index >= 15 is 0 Å². The minimum absolute atomic E-state index is 0.0525. The topological polar surface area (TPSA) is 106 Å². The molecule has 1 amide bonds. The van der Waals surface area contributed by atoms with Crippen LogP contribution in [0.3, 0.4) is 0 Å². The SMILES string of the molecule is CCOc1c(/C=N/NC(=O)c2cc(-c3ccccc3)nc(=O)[nH]2)cccc1OC. The molecule has 0 aliphatic rings. The van der Waals surface area contributed by atoms with E-state index in [-0.39, 0.29) is 5.69 Å². The van der Waals surface area contributed by atoms with Crippen LogP contribution in [-0.4, -0.2) is 35.8 Å². The van der Waals surface area contributed by atoms with Crippen LogP contribution in [0.1, 0.15) is 23.0 Å². The molecule has 3 rings (SSSR count). The molecular weight excluding hydrogens is 372 g/mol. The van der Waals surface area contributed by atoms with Gasteiger partial charge in [0.15, 0.2) is 11.5 Å². The number of methoxy groups -OCH3 is 1. The van der Waals surface area contributed by atoms with Crippen LogP contribution in [0.25, 0.3) is 11.3 Å². The molecule has 2 aromatic carbocycles. The fourth-order valence-electron chi connectivity index (χ4n) is 2.65. The average molecular weight is 392 g/mol. The summed E-state index contributed by atoms with van der Waals surface area (Å²) in [7, 11) is 1.55. The van der Waals surface area contributed by atoms with Gasteiger partial charge in [-0.15, -0.1) is 0 Å². The summed E-state index contributed by atoms with van der Waals surface area (Å²) in [6.45, 7) is 2.31. The van der Waals surface area contributed by atoms with Crippen LogP contribution in [0, 0.1) is 0 Å². The fraction of sp³-hybridized carbons (Fsp3) is 0.143. The highest BCUT2D eigenvalue weighted by molar-refractivity contribution is 5.94. The Morgan fingerprint density at radius 3 is 2.72 bits per heavy atom. The lowest BCUT2D eigenvalue weighted by molar-refractivity contribution is 0.0949. The van der Waals surface area contributed by atoms with E-state index in [1.165, 1.54) is 12.3 Å². The van der Waals surface area contributed by atoms with Crippen molar-refractivity contribution in [3.05, 3.63) is 76.3 Å². The van der Waals surface area contributed by atoms with Gasteiger partial charge in [-0.2, -0.15) is 10.1 Å². The summed E-state index contributed by atoms with van der Waals surface area (Å²) >= 11 is 0. The number of aromatic amines is 1. The van der Waals surface area contributed by atoms with Crippen molar-refractivity contribution in [3.8, 4) is 22.8 Å². The van der Waals surface area contributed by atoms with Gasteiger partial charge >= 0.3 is 5.69 Å². The van der Waals surface area contributed by atoms with Crippen molar-refractivity contribution in [3.63, 3.8) is 0 Å². The van der Waals surface area contributed by atoms with E-state index in [0.717, 1.165) is 5.56 Å². The Morgan fingerprint density at radius 1 is 1.21 bits per heavy atom. The minimum Gasteiger partial charge on any atom is -0.493 e. The Labute approximate surface area is 167 Å². The fourth-order valence-corrected chi connectivity index (χ4v) is 2.65. The first-order valence-electron chi connectivity index (χ1n) is 8.92. The molecule has 148 valence electrons. The maximum Gasteiger partial charge on any atom is 0.346 e. The summed E-state index contributed by atoms with van der Waals surface area (Å²) in [6, 6.07) is 16.0. The summed E-state index contributed by atoms with van der Waals surface area (Å²) in [6.07, 6.45) is 1.45. The highest BCUT2D eigenvalue weighted by atomic mass is 16.5. The van der Waals surface area contributed by atoms with Gasteiger partial charge in [0.05, 0.1) is 25.6 Å². The van der Waals surface area contributed by atoms with Crippen LogP contribution in [0.5, 0.6) is 11.5 Å². The van der Waals surface area contributed by atoms with Gasteiger partial charge in [-0.1, -0.05) is 36.4 Å². The molecule has 0 bridgehead atoms. The second kappa shape index (κ2) is 9.32. The average Bonchev–Trinajstić information content (AvgIpc) is 2.75. The highest BCUT2D eigenvalue weighted by Crippen LogP contribution is 2.29. The number of hydrogen-bond donors (Lipinski definition) is 2. The van der Waals surface area contributed by atoms with Crippen LogP contribution in [-0.2, 0) is 0 Å². The number of carbonyl (C=O) groups is 1. The third-order valence-electron chi connectivity index (χ3n) is 3.95. The number of carbonyl (C=O) groups excluding carboxylic acids is 1. The third-order valence-corrected chi connectivity index (χ3v) is 3.95. The largest absolute Gasteiger partial charge is 0.493 e. The second-order valence-corrected chi connectivity index (χ2v) is 5.86. The van der Waals surface area contributed by atoms with E-state index in [1.54, 1.807) is 37.4 Å². The van der Waals surface area contributed by atoms with E-state index in [4.69, 9.17) is 9.47 Å². The predicted octanol–water partition coefficient (Wildman–Crippen LogP) is 2.61. The summed E-state index contributed by atoms with van der Waals surface area (Å²) in [5.74, 6) is 0.520. The number of benzene rings is 2. The molecule has 1 aromatic heterocycles. The number of aromatic nitrogens is 2.